The molecule has 0 bridgehead atoms. The van der Waals surface area contributed by atoms with E-state index in [4.69, 9.17) is 28.9 Å². The van der Waals surface area contributed by atoms with E-state index in [1.54, 1.807) is 6.21 Å². The smallest absolute Gasteiger partial charge is 0.186 e. The van der Waals surface area contributed by atoms with Crippen molar-refractivity contribution in [2.24, 2.45) is 10.2 Å². The molecule has 0 saturated heterocycles. The lowest BCUT2D eigenvalue weighted by atomic mass is 10.2. The van der Waals surface area contributed by atoms with Crippen molar-refractivity contribution in [3.8, 4) is 0 Å². The maximum Gasteiger partial charge on any atom is 0.186 e. The second kappa shape index (κ2) is 15.9. The second-order valence-corrected chi connectivity index (χ2v) is 8.33. The molecule has 2 aromatic rings. The zero-order chi connectivity index (χ0) is 24.6. The molecule has 10 heteroatoms. The Morgan fingerprint density at radius 2 is 1.65 bits per heavy atom. The van der Waals surface area contributed by atoms with E-state index in [1.165, 1.54) is 5.56 Å². The van der Waals surface area contributed by atoms with Crippen molar-refractivity contribution >= 4 is 46.6 Å². The van der Waals surface area contributed by atoms with Crippen molar-refractivity contribution in [1.29, 1.82) is 0 Å². The van der Waals surface area contributed by atoms with Gasteiger partial charge in [0.15, 0.2) is 16.0 Å². The molecule has 0 unspecified atom stereocenters. The molecule has 0 atom stereocenters. The van der Waals surface area contributed by atoms with Crippen LogP contribution in [0.4, 0.5) is 0 Å². The molecule has 0 fully saturated rings. The van der Waals surface area contributed by atoms with Gasteiger partial charge in [0.1, 0.15) is 11.5 Å². The van der Waals surface area contributed by atoms with Crippen molar-refractivity contribution in [2.45, 2.75) is 46.7 Å². The Hall–Kier alpha value is -2.82. The molecule has 8 nitrogen and oxygen atoms in total. The fourth-order valence-corrected chi connectivity index (χ4v) is 3.46. The maximum atomic E-state index is 6.15. The van der Waals surface area contributed by atoms with Gasteiger partial charge in [0.2, 0.25) is 0 Å². The molecule has 0 aliphatic carbocycles. The fourth-order valence-electron chi connectivity index (χ4n) is 3.07. The first kappa shape index (κ1) is 27.4. The first-order chi connectivity index (χ1) is 16.5. The Bertz CT molecular complexity index is 944. The number of nitrogens with zero attached hydrogens (tertiary/aromatic N) is 3. The highest BCUT2D eigenvalue weighted by atomic mass is 32.1. The van der Waals surface area contributed by atoms with E-state index in [9.17, 15) is 0 Å². The summed E-state index contributed by atoms with van der Waals surface area (Å²) in [5.74, 6) is 1.44. The summed E-state index contributed by atoms with van der Waals surface area (Å²) >= 11 is 10.4. The summed E-state index contributed by atoms with van der Waals surface area (Å²) in [6.45, 7) is 10.1. The molecule has 34 heavy (non-hydrogen) atoms. The van der Waals surface area contributed by atoms with Gasteiger partial charge < -0.3 is 15.1 Å². The van der Waals surface area contributed by atoms with Gasteiger partial charge in [-0.3, -0.25) is 15.8 Å². The second-order valence-electron chi connectivity index (χ2n) is 7.51. The van der Waals surface area contributed by atoms with Crippen LogP contribution in [-0.2, 0) is 13.1 Å². The largest absolute Gasteiger partial charge is 0.458 e. The molecule has 0 amide bonds. The average molecular weight is 502 g/mol. The van der Waals surface area contributed by atoms with Crippen molar-refractivity contribution in [1.82, 2.24) is 26.4 Å². The van der Waals surface area contributed by atoms with E-state index in [-0.39, 0.29) is 0 Å². The van der Waals surface area contributed by atoms with Gasteiger partial charge in [-0.05, 0) is 68.9 Å². The third kappa shape index (κ3) is 10.4. The van der Waals surface area contributed by atoms with Gasteiger partial charge in [0.25, 0.3) is 0 Å². The number of hydrazone groups is 2. The molecule has 0 saturated carbocycles. The number of nitrogens with one attached hydrogen (secondary N) is 4. The van der Waals surface area contributed by atoms with Gasteiger partial charge in [-0.25, -0.2) is 0 Å². The minimum Gasteiger partial charge on any atom is -0.458 e. The number of hydrogen-bond donors (Lipinski definition) is 4. The number of unbranched alkanes of at least 4 members (excludes halogenated alkanes) is 1. The molecule has 184 valence electrons. The number of thiocarbonyl (C=S) groups is 2. The quantitative estimate of drug-likeness (QED) is 0.188. The van der Waals surface area contributed by atoms with Crippen LogP contribution in [0.15, 0.2) is 57.1 Å². The van der Waals surface area contributed by atoms with Gasteiger partial charge in [-0.2, -0.15) is 10.2 Å². The molecule has 2 rings (SSSR count). The van der Waals surface area contributed by atoms with Crippen LogP contribution in [0.3, 0.4) is 0 Å². The molecule has 1 aromatic heterocycles. The molecule has 0 radical (unpaired) electrons. The number of rotatable bonds is 13. The summed E-state index contributed by atoms with van der Waals surface area (Å²) in [5.41, 5.74) is 7.36. The Morgan fingerprint density at radius 3 is 2.32 bits per heavy atom. The van der Waals surface area contributed by atoms with Gasteiger partial charge in [0, 0.05) is 19.6 Å². The van der Waals surface area contributed by atoms with Crippen LogP contribution in [-0.4, -0.2) is 46.7 Å². The lowest BCUT2D eigenvalue weighted by Gasteiger charge is -2.21. The molecule has 0 aliphatic heterocycles. The fraction of sp³-hybridized carbons (Fsp3) is 0.417. The van der Waals surface area contributed by atoms with Crippen molar-refractivity contribution < 1.29 is 4.42 Å². The van der Waals surface area contributed by atoms with Crippen LogP contribution < -0.4 is 21.5 Å². The Kier molecular flexibility index (Phi) is 12.8. The highest BCUT2D eigenvalue weighted by molar-refractivity contribution is 7.80. The van der Waals surface area contributed by atoms with Crippen LogP contribution in [0.2, 0.25) is 0 Å². The summed E-state index contributed by atoms with van der Waals surface area (Å²) < 4.78 is 6.15. The molecule has 0 aliphatic rings. The maximum absolute atomic E-state index is 6.15. The van der Waals surface area contributed by atoms with E-state index in [1.807, 2.05) is 32.0 Å². The SMILES string of the molecule is CCCCN(Cc1ccccc1)Cc1ccc(C(/C=N/NC(=S)NCC)=N/NC(=S)NCC)o1. The van der Waals surface area contributed by atoms with Gasteiger partial charge in [-0.15, -0.1) is 0 Å². The van der Waals surface area contributed by atoms with Crippen LogP contribution in [0.1, 0.15) is 50.7 Å². The zero-order valence-corrected chi connectivity index (χ0v) is 21.8. The predicted molar refractivity (Wildman–Crippen MR) is 148 cm³/mol. The first-order valence-corrected chi connectivity index (χ1v) is 12.4. The molecule has 0 spiro atoms. The first-order valence-electron chi connectivity index (χ1n) is 11.6. The molecular formula is C24H35N7OS2. The minimum absolute atomic E-state index is 0.421. The average Bonchev–Trinajstić information content (AvgIpc) is 3.29. The van der Waals surface area contributed by atoms with Gasteiger partial charge in [0.05, 0.1) is 12.8 Å². The van der Waals surface area contributed by atoms with E-state index >= 15 is 0 Å². The van der Waals surface area contributed by atoms with E-state index in [2.05, 4.69) is 67.8 Å². The van der Waals surface area contributed by atoms with E-state index in [0.717, 1.165) is 31.7 Å². The zero-order valence-electron chi connectivity index (χ0n) is 20.1. The van der Waals surface area contributed by atoms with Crippen molar-refractivity contribution in [3.05, 3.63) is 59.5 Å². The molecular weight excluding hydrogens is 466 g/mol. The Morgan fingerprint density at radius 1 is 0.941 bits per heavy atom. The van der Waals surface area contributed by atoms with Crippen LogP contribution in [0.5, 0.6) is 0 Å². The highest BCUT2D eigenvalue weighted by Gasteiger charge is 2.13. The molecule has 1 heterocycles. The monoisotopic (exact) mass is 501 g/mol. The van der Waals surface area contributed by atoms with Crippen LogP contribution in [0, 0.1) is 0 Å². The summed E-state index contributed by atoms with van der Waals surface area (Å²) in [7, 11) is 0. The van der Waals surface area contributed by atoms with E-state index < -0.39 is 0 Å². The normalized spacial score (nSPS) is 11.6. The Labute approximate surface area is 213 Å². The van der Waals surface area contributed by atoms with E-state index in [0.29, 0.717) is 41.3 Å². The van der Waals surface area contributed by atoms with Crippen molar-refractivity contribution in [2.75, 3.05) is 19.6 Å². The topological polar surface area (TPSA) is 89.2 Å². The van der Waals surface area contributed by atoms with Crippen LogP contribution >= 0.6 is 24.4 Å². The summed E-state index contributed by atoms with van der Waals surface area (Å²) in [6.07, 6.45) is 3.82. The summed E-state index contributed by atoms with van der Waals surface area (Å²) in [6, 6.07) is 14.3. The lowest BCUT2D eigenvalue weighted by Crippen LogP contribution is -2.33. The predicted octanol–water partition coefficient (Wildman–Crippen LogP) is 3.74. The summed E-state index contributed by atoms with van der Waals surface area (Å²) in [4.78, 5) is 2.39. The van der Waals surface area contributed by atoms with Crippen molar-refractivity contribution in [3.63, 3.8) is 0 Å². The number of furan rings is 1. The van der Waals surface area contributed by atoms with Gasteiger partial charge >= 0.3 is 0 Å². The number of benzene rings is 1. The van der Waals surface area contributed by atoms with Crippen LogP contribution in [0.25, 0.3) is 0 Å². The number of hydrogen-bond acceptors (Lipinski definition) is 6. The minimum atomic E-state index is 0.421. The summed E-state index contributed by atoms with van der Waals surface area (Å²) in [5, 5.41) is 15.4. The highest BCUT2D eigenvalue weighted by Crippen LogP contribution is 2.15. The lowest BCUT2D eigenvalue weighted by molar-refractivity contribution is 0.231. The third-order valence-corrected chi connectivity index (χ3v) is 5.15. The molecule has 1 aromatic carbocycles. The standard InChI is InChI=1S/C24H35N7OS2/c1-4-7-15-31(17-19-11-9-8-10-12-19)18-20-13-14-22(32-20)21(28-30-24(34)26-6-3)16-27-29-23(33)25-5-2/h8-14,16H,4-7,15,17-18H2,1-3H3,(H2,25,29,33)(H2,26,30,34)/b27-16+,28-21+. The Balaban J connectivity index is 2.15. The third-order valence-electron chi connectivity index (χ3n) is 4.68. The molecule has 4 N–H and O–H groups in total. The van der Waals surface area contributed by atoms with Gasteiger partial charge in [-0.1, -0.05) is 43.7 Å².